The minimum absolute atomic E-state index is 0.385. The monoisotopic (exact) mass is 550 g/mol. The number of methoxy groups -OCH3 is 2. The second-order valence-electron chi connectivity index (χ2n) is 9.97. The summed E-state index contributed by atoms with van der Waals surface area (Å²) in [5.74, 6) is 7.57. The summed E-state index contributed by atoms with van der Waals surface area (Å²) >= 11 is 1.70. The number of β-amino-alcohol motifs (C(OH)–C–C–N with tert-alkyl or cyclic N) is 1. The highest BCUT2D eigenvalue weighted by atomic mass is 32.2. The van der Waals surface area contributed by atoms with Crippen LogP contribution < -0.4 is 15.4 Å². The average Bonchev–Trinajstić information content (AvgIpc) is 3.30. The lowest BCUT2D eigenvalue weighted by molar-refractivity contribution is 0.0327. The number of rotatable bonds is 12. The maximum absolute atomic E-state index is 10.1. The minimum atomic E-state index is -0.427. The molecule has 3 N–H and O–H groups in total. The van der Waals surface area contributed by atoms with E-state index in [4.69, 9.17) is 9.47 Å². The Hall–Kier alpha value is -2.83. The highest BCUT2D eigenvalue weighted by Crippen LogP contribution is 2.30. The van der Waals surface area contributed by atoms with E-state index in [0.29, 0.717) is 25.7 Å². The van der Waals surface area contributed by atoms with Gasteiger partial charge in [0, 0.05) is 55.3 Å². The van der Waals surface area contributed by atoms with Crippen molar-refractivity contribution in [3.63, 3.8) is 0 Å². The van der Waals surface area contributed by atoms with Crippen molar-refractivity contribution in [3.8, 4) is 17.6 Å². The van der Waals surface area contributed by atoms with Crippen molar-refractivity contribution in [2.75, 3.05) is 63.9 Å². The number of fused-ring (bicyclic) bond motifs is 1. The van der Waals surface area contributed by atoms with E-state index in [1.54, 1.807) is 26.0 Å². The molecule has 1 unspecified atom stereocenters. The van der Waals surface area contributed by atoms with Crippen LogP contribution in [0.5, 0.6) is 5.75 Å². The van der Waals surface area contributed by atoms with Crippen molar-refractivity contribution >= 4 is 34.0 Å². The van der Waals surface area contributed by atoms with Crippen LogP contribution in [0, 0.1) is 11.8 Å². The first-order valence-electron chi connectivity index (χ1n) is 13.8. The van der Waals surface area contributed by atoms with Gasteiger partial charge < -0.3 is 34.7 Å². The summed E-state index contributed by atoms with van der Waals surface area (Å²) < 4.78 is 13.0. The highest BCUT2D eigenvalue weighted by Gasteiger charge is 2.22. The van der Waals surface area contributed by atoms with Crippen molar-refractivity contribution in [1.29, 1.82) is 0 Å². The molecular formula is C31H42N4O3S. The van der Waals surface area contributed by atoms with Gasteiger partial charge in [-0.3, -0.25) is 0 Å². The van der Waals surface area contributed by atoms with E-state index in [1.165, 1.54) is 21.5 Å². The van der Waals surface area contributed by atoms with Crippen LogP contribution in [0.15, 0.2) is 47.4 Å². The molecule has 8 heteroatoms. The van der Waals surface area contributed by atoms with Gasteiger partial charge in [-0.05, 0) is 67.8 Å². The quantitative estimate of drug-likeness (QED) is 0.213. The zero-order valence-corrected chi connectivity index (χ0v) is 24.4. The number of hydrogen-bond donors (Lipinski definition) is 3. The molecule has 1 atom stereocenters. The van der Waals surface area contributed by atoms with E-state index in [9.17, 15) is 5.11 Å². The molecule has 3 aromatic rings. The van der Waals surface area contributed by atoms with Gasteiger partial charge in [-0.2, -0.15) is 0 Å². The second kappa shape index (κ2) is 14.5. The van der Waals surface area contributed by atoms with Crippen LogP contribution in [0.3, 0.4) is 0 Å². The van der Waals surface area contributed by atoms with Crippen molar-refractivity contribution < 1.29 is 14.6 Å². The molecule has 1 aliphatic rings. The predicted octanol–water partition coefficient (Wildman–Crippen LogP) is 5.13. The second-order valence-corrected chi connectivity index (χ2v) is 10.8. The number of aromatic nitrogens is 1. The van der Waals surface area contributed by atoms with Gasteiger partial charge in [0.1, 0.15) is 5.75 Å². The summed E-state index contributed by atoms with van der Waals surface area (Å²) in [6.07, 6.45) is 4.77. The van der Waals surface area contributed by atoms with Gasteiger partial charge in [-0.1, -0.05) is 18.9 Å². The van der Waals surface area contributed by atoms with Gasteiger partial charge in [0.05, 0.1) is 43.3 Å². The van der Waals surface area contributed by atoms with E-state index in [0.717, 1.165) is 56.0 Å². The fourth-order valence-electron chi connectivity index (χ4n) is 5.22. The summed E-state index contributed by atoms with van der Waals surface area (Å²) in [7, 11) is 3.33. The van der Waals surface area contributed by atoms with Crippen molar-refractivity contribution in [1.82, 2.24) is 9.47 Å². The number of thioether (sulfide) groups is 1. The summed E-state index contributed by atoms with van der Waals surface area (Å²) in [5, 5.41) is 18.5. The molecule has 1 aromatic heterocycles. The Kier molecular flexibility index (Phi) is 10.9. The molecule has 0 spiro atoms. The number of aryl methyl sites for hydroxylation is 1. The Morgan fingerprint density at radius 2 is 1.95 bits per heavy atom. The van der Waals surface area contributed by atoms with Crippen molar-refractivity contribution in [3.05, 3.63) is 48.2 Å². The number of nitrogens with zero attached hydrogens (tertiary/aromatic N) is 2. The fourth-order valence-corrected chi connectivity index (χ4v) is 5.65. The Morgan fingerprint density at radius 1 is 1.13 bits per heavy atom. The molecule has 2 heterocycles. The molecule has 210 valence electrons. The molecule has 1 fully saturated rings. The van der Waals surface area contributed by atoms with Crippen molar-refractivity contribution in [2.45, 2.75) is 49.8 Å². The smallest absolute Gasteiger partial charge is 0.143 e. The topological polar surface area (TPSA) is 70.9 Å². The number of benzene rings is 2. The predicted molar refractivity (Wildman–Crippen MR) is 163 cm³/mol. The van der Waals surface area contributed by atoms with E-state index in [1.807, 2.05) is 12.1 Å². The van der Waals surface area contributed by atoms with Gasteiger partial charge in [-0.15, -0.1) is 11.8 Å². The highest BCUT2D eigenvalue weighted by molar-refractivity contribution is 7.98. The van der Waals surface area contributed by atoms with Gasteiger partial charge >= 0.3 is 0 Å². The SMILES string of the molecule is CCCn1c(C#CCNc2ccc(SC)cc2OC)cc2c(NC3CCN(CC(O)COC)CC3)cccc21. The van der Waals surface area contributed by atoms with Crippen LogP contribution in [-0.4, -0.2) is 80.0 Å². The van der Waals surface area contributed by atoms with Gasteiger partial charge in [0.2, 0.25) is 0 Å². The Labute approximate surface area is 237 Å². The summed E-state index contributed by atoms with van der Waals surface area (Å²) in [6.45, 7) is 6.66. The minimum Gasteiger partial charge on any atom is -0.495 e. The van der Waals surface area contributed by atoms with Crippen molar-refractivity contribution in [2.24, 2.45) is 0 Å². The molecule has 0 radical (unpaired) electrons. The number of aliphatic hydroxyl groups excluding tert-OH is 1. The number of ether oxygens (including phenoxy) is 2. The fraction of sp³-hybridized carbons (Fsp3) is 0.484. The third-order valence-electron chi connectivity index (χ3n) is 7.16. The first-order chi connectivity index (χ1) is 19.1. The average molecular weight is 551 g/mol. The number of nitrogens with one attached hydrogen (secondary N) is 2. The first kappa shape index (κ1) is 29.2. The van der Waals surface area contributed by atoms with Crippen LogP contribution in [-0.2, 0) is 11.3 Å². The number of likely N-dealkylation sites (tertiary alicyclic amines) is 1. The maximum Gasteiger partial charge on any atom is 0.143 e. The molecule has 0 bridgehead atoms. The molecule has 0 aliphatic carbocycles. The van der Waals surface area contributed by atoms with Gasteiger partial charge in [-0.25, -0.2) is 0 Å². The molecule has 1 saturated heterocycles. The normalized spacial score (nSPS) is 15.1. The Balaban J connectivity index is 1.45. The van der Waals surface area contributed by atoms with E-state index >= 15 is 0 Å². The molecule has 39 heavy (non-hydrogen) atoms. The van der Waals surface area contributed by atoms with Gasteiger partial charge in [0.15, 0.2) is 0 Å². The Bertz CT molecular complexity index is 1270. The maximum atomic E-state index is 10.1. The van der Waals surface area contributed by atoms with Crippen LogP contribution in [0.25, 0.3) is 10.9 Å². The largest absolute Gasteiger partial charge is 0.495 e. The third kappa shape index (κ3) is 7.64. The molecule has 0 saturated carbocycles. The lowest BCUT2D eigenvalue weighted by Gasteiger charge is -2.34. The lowest BCUT2D eigenvalue weighted by atomic mass is 10.0. The molecule has 1 aliphatic heterocycles. The zero-order valence-electron chi connectivity index (χ0n) is 23.6. The summed E-state index contributed by atoms with van der Waals surface area (Å²) in [4.78, 5) is 3.50. The van der Waals surface area contributed by atoms with Crippen LogP contribution >= 0.6 is 11.8 Å². The van der Waals surface area contributed by atoms with Crippen LogP contribution in [0.4, 0.5) is 11.4 Å². The number of aliphatic hydroxyl groups is 1. The number of anilines is 2. The zero-order chi connectivity index (χ0) is 27.6. The standard InChI is InChI=1S/C31H42N4O3S/c1-5-16-35-24(8-7-15-32-29-12-11-26(39-4)20-31(29)38-3)19-27-28(9-6-10-30(27)35)33-23-13-17-34(18-14-23)21-25(36)22-37-2/h6,9-12,19-20,23,25,32-33,36H,5,13-18,21-22H2,1-4H3. The number of hydrogen-bond acceptors (Lipinski definition) is 7. The molecule has 2 aromatic carbocycles. The summed E-state index contributed by atoms with van der Waals surface area (Å²) in [5.41, 5.74) is 4.37. The number of piperidine rings is 1. The molecule has 4 rings (SSSR count). The molecule has 0 amide bonds. The molecule has 7 nitrogen and oxygen atoms in total. The first-order valence-corrected chi connectivity index (χ1v) is 15.0. The van der Waals surface area contributed by atoms with E-state index < -0.39 is 6.10 Å². The Morgan fingerprint density at radius 3 is 2.67 bits per heavy atom. The van der Waals surface area contributed by atoms with Gasteiger partial charge in [0.25, 0.3) is 0 Å². The third-order valence-corrected chi connectivity index (χ3v) is 7.89. The van der Waals surface area contributed by atoms with E-state index in [-0.39, 0.29) is 0 Å². The van der Waals surface area contributed by atoms with Crippen LogP contribution in [0.2, 0.25) is 0 Å². The van der Waals surface area contributed by atoms with Crippen LogP contribution in [0.1, 0.15) is 31.9 Å². The van der Waals surface area contributed by atoms with E-state index in [2.05, 4.69) is 75.5 Å². The summed E-state index contributed by atoms with van der Waals surface area (Å²) in [6, 6.07) is 15.3. The molecular weight excluding hydrogens is 508 g/mol. The lowest BCUT2D eigenvalue weighted by Crippen LogP contribution is -2.43.